The summed E-state index contributed by atoms with van der Waals surface area (Å²) in [6, 6.07) is 8.43. The Labute approximate surface area is 107 Å². The van der Waals surface area contributed by atoms with Gasteiger partial charge in [0.25, 0.3) is 0 Å². The van der Waals surface area contributed by atoms with Gasteiger partial charge in [0, 0.05) is 22.9 Å². The van der Waals surface area contributed by atoms with Crippen molar-refractivity contribution >= 4 is 11.3 Å². The smallest absolute Gasteiger partial charge is 0.123 e. The minimum Gasteiger partial charge on any atom is -0.325 e. The van der Waals surface area contributed by atoms with Crippen molar-refractivity contribution in [2.45, 2.75) is 32.7 Å². The number of nitrogens with zero attached hydrogens (tertiary/aromatic N) is 1. The predicted octanol–water partition coefficient (Wildman–Crippen LogP) is 3.40. The molecule has 3 heteroatoms. The SMILES string of the molecule is Cc1cccc(-c2nc(CC(C)(C)N)cs2)c1. The van der Waals surface area contributed by atoms with Crippen LogP contribution < -0.4 is 5.73 Å². The van der Waals surface area contributed by atoms with Crippen LogP contribution in [0.4, 0.5) is 0 Å². The number of thiazole rings is 1. The second kappa shape index (κ2) is 4.59. The fraction of sp³-hybridized carbons (Fsp3) is 0.357. The van der Waals surface area contributed by atoms with E-state index in [1.165, 1.54) is 11.1 Å². The van der Waals surface area contributed by atoms with Gasteiger partial charge < -0.3 is 5.73 Å². The van der Waals surface area contributed by atoms with E-state index in [1.54, 1.807) is 11.3 Å². The highest BCUT2D eigenvalue weighted by Crippen LogP contribution is 2.25. The third-order valence-corrected chi connectivity index (χ3v) is 3.39. The number of aromatic nitrogens is 1. The summed E-state index contributed by atoms with van der Waals surface area (Å²) in [5.41, 5.74) is 9.34. The Hall–Kier alpha value is -1.19. The molecule has 0 aliphatic rings. The topological polar surface area (TPSA) is 38.9 Å². The van der Waals surface area contributed by atoms with Crippen molar-refractivity contribution in [3.8, 4) is 10.6 Å². The Morgan fingerprint density at radius 2 is 2.12 bits per heavy atom. The van der Waals surface area contributed by atoms with E-state index in [9.17, 15) is 0 Å². The van der Waals surface area contributed by atoms with E-state index in [4.69, 9.17) is 5.73 Å². The lowest BCUT2D eigenvalue weighted by molar-refractivity contribution is 0.511. The molecule has 0 unspecified atom stereocenters. The van der Waals surface area contributed by atoms with E-state index < -0.39 is 0 Å². The van der Waals surface area contributed by atoms with E-state index in [2.05, 4.69) is 41.6 Å². The third-order valence-electron chi connectivity index (χ3n) is 2.45. The predicted molar refractivity (Wildman–Crippen MR) is 74.3 cm³/mol. The molecule has 2 N–H and O–H groups in total. The second-order valence-electron chi connectivity index (χ2n) is 5.18. The Morgan fingerprint density at radius 1 is 1.35 bits per heavy atom. The van der Waals surface area contributed by atoms with Gasteiger partial charge in [-0.1, -0.05) is 23.8 Å². The molecule has 0 amide bonds. The number of rotatable bonds is 3. The maximum absolute atomic E-state index is 6.00. The Balaban J connectivity index is 2.24. The zero-order valence-corrected chi connectivity index (χ0v) is 11.3. The summed E-state index contributed by atoms with van der Waals surface area (Å²) in [6.07, 6.45) is 0.815. The molecule has 0 saturated carbocycles. The van der Waals surface area contributed by atoms with Crippen molar-refractivity contribution in [1.82, 2.24) is 4.98 Å². The summed E-state index contributed by atoms with van der Waals surface area (Å²) >= 11 is 1.69. The van der Waals surface area contributed by atoms with Crippen LogP contribution in [0.2, 0.25) is 0 Å². The van der Waals surface area contributed by atoms with Crippen LogP contribution in [0, 0.1) is 6.92 Å². The molecule has 0 aliphatic heterocycles. The number of benzene rings is 1. The third kappa shape index (κ3) is 3.38. The van der Waals surface area contributed by atoms with Crippen LogP contribution in [0.15, 0.2) is 29.6 Å². The summed E-state index contributed by atoms with van der Waals surface area (Å²) in [5.74, 6) is 0. The molecule has 90 valence electrons. The van der Waals surface area contributed by atoms with Crippen LogP contribution in [-0.2, 0) is 6.42 Å². The van der Waals surface area contributed by atoms with Gasteiger partial charge in [0.2, 0.25) is 0 Å². The summed E-state index contributed by atoms with van der Waals surface area (Å²) in [5, 5.41) is 3.18. The zero-order valence-electron chi connectivity index (χ0n) is 10.5. The molecule has 1 heterocycles. The average Bonchev–Trinajstić information content (AvgIpc) is 2.63. The molecule has 0 atom stereocenters. The standard InChI is InChI=1S/C14H18N2S/c1-10-5-4-6-11(7-10)13-16-12(9-17-13)8-14(2,3)15/h4-7,9H,8,15H2,1-3H3. The van der Waals surface area contributed by atoms with Crippen LogP contribution >= 0.6 is 11.3 Å². The first kappa shape index (κ1) is 12.3. The first-order chi connectivity index (χ1) is 7.94. The fourth-order valence-corrected chi connectivity index (χ4v) is 2.58. The zero-order chi connectivity index (χ0) is 12.5. The number of aryl methyl sites for hydroxylation is 1. The monoisotopic (exact) mass is 246 g/mol. The lowest BCUT2D eigenvalue weighted by Crippen LogP contribution is -2.34. The van der Waals surface area contributed by atoms with Gasteiger partial charge in [0.05, 0.1) is 5.69 Å². The number of hydrogen-bond donors (Lipinski definition) is 1. The minimum atomic E-state index is -0.196. The number of nitrogens with two attached hydrogens (primary N) is 1. The Kier molecular flexibility index (Phi) is 3.31. The first-order valence-corrected chi connectivity index (χ1v) is 6.62. The van der Waals surface area contributed by atoms with Gasteiger partial charge in [-0.15, -0.1) is 11.3 Å². The van der Waals surface area contributed by atoms with E-state index >= 15 is 0 Å². The molecule has 0 spiro atoms. The summed E-state index contributed by atoms with van der Waals surface area (Å²) < 4.78 is 0. The van der Waals surface area contributed by atoms with Crippen molar-refractivity contribution in [1.29, 1.82) is 0 Å². The van der Waals surface area contributed by atoms with E-state index in [0.29, 0.717) is 0 Å². The van der Waals surface area contributed by atoms with Gasteiger partial charge in [0.1, 0.15) is 5.01 Å². The van der Waals surface area contributed by atoms with Crippen molar-refractivity contribution in [2.75, 3.05) is 0 Å². The molecular weight excluding hydrogens is 228 g/mol. The molecule has 1 aromatic carbocycles. The van der Waals surface area contributed by atoms with Gasteiger partial charge in [0.15, 0.2) is 0 Å². The molecule has 2 nitrogen and oxygen atoms in total. The fourth-order valence-electron chi connectivity index (χ4n) is 1.77. The van der Waals surface area contributed by atoms with Crippen molar-refractivity contribution in [2.24, 2.45) is 5.73 Å². The van der Waals surface area contributed by atoms with Crippen LogP contribution in [0.1, 0.15) is 25.1 Å². The first-order valence-electron chi connectivity index (χ1n) is 5.74. The molecule has 2 aromatic rings. The van der Waals surface area contributed by atoms with Crippen LogP contribution in [0.3, 0.4) is 0 Å². The average molecular weight is 246 g/mol. The highest BCUT2D eigenvalue weighted by atomic mass is 32.1. The van der Waals surface area contributed by atoms with Gasteiger partial charge in [-0.2, -0.15) is 0 Å². The Morgan fingerprint density at radius 3 is 2.76 bits per heavy atom. The van der Waals surface area contributed by atoms with Gasteiger partial charge in [-0.25, -0.2) is 4.98 Å². The Bertz CT molecular complexity index is 509. The van der Waals surface area contributed by atoms with Crippen molar-refractivity contribution in [3.63, 3.8) is 0 Å². The van der Waals surface area contributed by atoms with Crippen molar-refractivity contribution in [3.05, 3.63) is 40.9 Å². The summed E-state index contributed by atoms with van der Waals surface area (Å²) in [7, 11) is 0. The van der Waals surface area contributed by atoms with Crippen molar-refractivity contribution < 1.29 is 0 Å². The number of hydrogen-bond acceptors (Lipinski definition) is 3. The molecule has 0 aliphatic carbocycles. The van der Waals surface area contributed by atoms with E-state index in [0.717, 1.165) is 17.1 Å². The summed E-state index contributed by atoms with van der Waals surface area (Å²) in [4.78, 5) is 4.65. The quantitative estimate of drug-likeness (QED) is 0.901. The van der Waals surface area contributed by atoms with Crippen LogP contribution in [0.5, 0.6) is 0 Å². The molecule has 0 radical (unpaired) electrons. The highest BCUT2D eigenvalue weighted by molar-refractivity contribution is 7.13. The van der Waals surface area contributed by atoms with E-state index in [-0.39, 0.29) is 5.54 Å². The largest absolute Gasteiger partial charge is 0.325 e. The minimum absolute atomic E-state index is 0.196. The maximum atomic E-state index is 6.00. The second-order valence-corrected chi connectivity index (χ2v) is 6.04. The van der Waals surface area contributed by atoms with Gasteiger partial charge >= 0.3 is 0 Å². The summed E-state index contributed by atoms with van der Waals surface area (Å²) in [6.45, 7) is 6.15. The molecule has 0 bridgehead atoms. The molecule has 17 heavy (non-hydrogen) atoms. The molecule has 2 rings (SSSR count). The lowest BCUT2D eigenvalue weighted by Gasteiger charge is -2.16. The molecule has 0 fully saturated rings. The van der Waals surface area contributed by atoms with Crippen LogP contribution in [0.25, 0.3) is 10.6 Å². The molecule has 1 aromatic heterocycles. The highest BCUT2D eigenvalue weighted by Gasteiger charge is 2.14. The van der Waals surface area contributed by atoms with Gasteiger partial charge in [-0.05, 0) is 26.8 Å². The lowest BCUT2D eigenvalue weighted by atomic mass is 10.0. The van der Waals surface area contributed by atoms with Gasteiger partial charge in [-0.3, -0.25) is 0 Å². The maximum Gasteiger partial charge on any atom is 0.123 e. The molecule has 0 saturated heterocycles. The van der Waals surface area contributed by atoms with E-state index in [1.807, 2.05) is 13.8 Å². The van der Waals surface area contributed by atoms with Crippen LogP contribution in [-0.4, -0.2) is 10.5 Å². The molecular formula is C14H18N2S. The normalized spacial score (nSPS) is 11.8.